The Morgan fingerprint density at radius 2 is 2.28 bits per heavy atom. The molecule has 100 valence electrons. The summed E-state index contributed by atoms with van der Waals surface area (Å²) in [4.78, 5) is 11.5. The second-order valence-corrected chi connectivity index (χ2v) is 5.20. The second kappa shape index (κ2) is 8.14. The maximum atomic E-state index is 11.5. The Balaban J connectivity index is 2.17. The lowest BCUT2D eigenvalue weighted by atomic mass is 10.2. The van der Waals surface area contributed by atoms with Crippen LogP contribution in [-0.2, 0) is 4.79 Å². The number of halogens is 1. The Labute approximate surface area is 117 Å². The van der Waals surface area contributed by atoms with E-state index >= 15 is 0 Å². The van der Waals surface area contributed by atoms with Crippen LogP contribution in [0.15, 0.2) is 28.7 Å². The van der Waals surface area contributed by atoms with E-state index in [1.54, 1.807) is 0 Å². The van der Waals surface area contributed by atoms with E-state index in [-0.39, 0.29) is 11.9 Å². The molecule has 0 aliphatic rings. The van der Waals surface area contributed by atoms with Gasteiger partial charge in [0.05, 0.1) is 6.61 Å². The van der Waals surface area contributed by atoms with Crippen molar-refractivity contribution in [2.45, 2.75) is 39.2 Å². The monoisotopic (exact) mass is 313 g/mol. The fourth-order valence-corrected chi connectivity index (χ4v) is 1.81. The van der Waals surface area contributed by atoms with Gasteiger partial charge in [-0.05, 0) is 38.0 Å². The van der Waals surface area contributed by atoms with Crippen LogP contribution < -0.4 is 10.1 Å². The van der Waals surface area contributed by atoms with E-state index in [4.69, 9.17) is 4.74 Å². The summed E-state index contributed by atoms with van der Waals surface area (Å²) in [5, 5.41) is 2.94. The highest BCUT2D eigenvalue weighted by molar-refractivity contribution is 9.10. The highest BCUT2D eigenvalue weighted by atomic mass is 79.9. The van der Waals surface area contributed by atoms with E-state index in [9.17, 15) is 4.79 Å². The van der Waals surface area contributed by atoms with Crippen molar-refractivity contribution in [1.29, 1.82) is 0 Å². The SMILES string of the molecule is CCC(C)NC(=O)CCCOc1cccc(Br)c1. The third-order valence-corrected chi connectivity index (χ3v) is 3.13. The molecule has 0 saturated carbocycles. The Morgan fingerprint density at radius 1 is 1.50 bits per heavy atom. The number of rotatable bonds is 7. The number of ether oxygens (including phenoxy) is 1. The molecule has 1 aromatic rings. The zero-order chi connectivity index (χ0) is 13.4. The quantitative estimate of drug-likeness (QED) is 0.782. The van der Waals surface area contributed by atoms with Gasteiger partial charge in [0, 0.05) is 16.9 Å². The van der Waals surface area contributed by atoms with Crippen LogP contribution in [0, 0.1) is 0 Å². The normalized spacial score (nSPS) is 11.9. The minimum atomic E-state index is 0.0993. The largest absolute Gasteiger partial charge is 0.494 e. The van der Waals surface area contributed by atoms with Crippen molar-refractivity contribution in [1.82, 2.24) is 5.32 Å². The third kappa shape index (κ3) is 6.05. The lowest BCUT2D eigenvalue weighted by Crippen LogP contribution is -2.31. The van der Waals surface area contributed by atoms with Crippen LogP contribution in [0.3, 0.4) is 0 Å². The molecule has 0 spiro atoms. The van der Waals surface area contributed by atoms with Crippen LogP contribution in [0.4, 0.5) is 0 Å². The maximum Gasteiger partial charge on any atom is 0.220 e. The second-order valence-electron chi connectivity index (χ2n) is 4.29. The summed E-state index contributed by atoms with van der Waals surface area (Å²) < 4.78 is 6.55. The molecule has 0 aliphatic carbocycles. The summed E-state index contributed by atoms with van der Waals surface area (Å²) in [7, 11) is 0. The molecule has 1 aromatic carbocycles. The average Bonchev–Trinajstić information content (AvgIpc) is 2.34. The zero-order valence-electron chi connectivity index (χ0n) is 10.9. The van der Waals surface area contributed by atoms with Gasteiger partial charge in [0.25, 0.3) is 0 Å². The van der Waals surface area contributed by atoms with Crippen molar-refractivity contribution in [2.24, 2.45) is 0 Å². The van der Waals surface area contributed by atoms with Crippen molar-refractivity contribution in [3.05, 3.63) is 28.7 Å². The minimum Gasteiger partial charge on any atom is -0.494 e. The number of carbonyl (C=O) groups is 1. The van der Waals surface area contributed by atoms with Crippen LogP contribution in [0.1, 0.15) is 33.1 Å². The highest BCUT2D eigenvalue weighted by Crippen LogP contribution is 2.17. The van der Waals surface area contributed by atoms with Gasteiger partial charge in [0.2, 0.25) is 5.91 Å². The van der Waals surface area contributed by atoms with Gasteiger partial charge in [0.1, 0.15) is 5.75 Å². The molecule has 1 N–H and O–H groups in total. The summed E-state index contributed by atoms with van der Waals surface area (Å²) >= 11 is 3.39. The topological polar surface area (TPSA) is 38.3 Å². The van der Waals surface area contributed by atoms with Gasteiger partial charge in [-0.3, -0.25) is 4.79 Å². The number of amides is 1. The molecule has 0 heterocycles. The molecule has 1 amide bonds. The Bertz CT molecular complexity index is 382. The van der Waals surface area contributed by atoms with Crippen LogP contribution in [0.5, 0.6) is 5.75 Å². The van der Waals surface area contributed by atoms with Gasteiger partial charge in [-0.1, -0.05) is 28.9 Å². The molecule has 0 saturated heterocycles. The lowest BCUT2D eigenvalue weighted by molar-refractivity contribution is -0.121. The summed E-state index contributed by atoms with van der Waals surface area (Å²) in [5.74, 6) is 0.925. The fourth-order valence-electron chi connectivity index (χ4n) is 1.43. The first-order valence-electron chi connectivity index (χ1n) is 6.29. The van der Waals surface area contributed by atoms with E-state index in [2.05, 4.69) is 28.2 Å². The summed E-state index contributed by atoms with van der Waals surface area (Å²) in [6.07, 6.45) is 2.20. The number of benzene rings is 1. The number of hydrogen-bond acceptors (Lipinski definition) is 2. The molecular formula is C14H20BrNO2. The fraction of sp³-hybridized carbons (Fsp3) is 0.500. The Hall–Kier alpha value is -1.03. The molecular weight excluding hydrogens is 294 g/mol. The smallest absolute Gasteiger partial charge is 0.220 e. The van der Waals surface area contributed by atoms with Gasteiger partial charge in [0.15, 0.2) is 0 Å². The molecule has 0 radical (unpaired) electrons. The summed E-state index contributed by atoms with van der Waals surface area (Å²) in [6, 6.07) is 7.95. The van der Waals surface area contributed by atoms with Gasteiger partial charge >= 0.3 is 0 Å². The average molecular weight is 314 g/mol. The van der Waals surface area contributed by atoms with Crippen molar-refractivity contribution in [3.8, 4) is 5.75 Å². The Morgan fingerprint density at radius 3 is 2.94 bits per heavy atom. The van der Waals surface area contributed by atoms with Crippen molar-refractivity contribution < 1.29 is 9.53 Å². The standard InChI is InChI=1S/C14H20BrNO2/c1-3-11(2)16-14(17)8-5-9-18-13-7-4-6-12(15)10-13/h4,6-7,10-11H,3,5,8-9H2,1-2H3,(H,16,17). The highest BCUT2D eigenvalue weighted by Gasteiger charge is 2.05. The molecule has 3 nitrogen and oxygen atoms in total. The van der Waals surface area contributed by atoms with Gasteiger partial charge in [-0.15, -0.1) is 0 Å². The lowest BCUT2D eigenvalue weighted by Gasteiger charge is -2.11. The number of hydrogen-bond donors (Lipinski definition) is 1. The minimum absolute atomic E-state index is 0.0993. The van der Waals surface area contributed by atoms with Crippen LogP contribution in [0.2, 0.25) is 0 Å². The van der Waals surface area contributed by atoms with Crippen LogP contribution in [0.25, 0.3) is 0 Å². The van der Waals surface area contributed by atoms with Crippen LogP contribution in [-0.4, -0.2) is 18.6 Å². The Kier molecular flexibility index (Phi) is 6.80. The molecule has 0 fully saturated rings. The molecule has 0 aromatic heterocycles. The van der Waals surface area contributed by atoms with Crippen molar-refractivity contribution in [3.63, 3.8) is 0 Å². The number of nitrogens with one attached hydrogen (secondary N) is 1. The molecule has 1 atom stereocenters. The van der Waals surface area contributed by atoms with E-state index in [1.165, 1.54) is 0 Å². The first kappa shape index (κ1) is 15.0. The van der Waals surface area contributed by atoms with E-state index < -0.39 is 0 Å². The van der Waals surface area contributed by atoms with Crippen molar-refractivity contribution in [2.75, 3.05) is 6.61 Å². The maximum absolute atomic E-state index is 11.5. The molecule has 4 heteroatoms. The van der Waals surface area contributed by atoms with E-state index in [0.29, 0.717) is 13.0 Å². The molecule has 18 heavy (non-hydrogen) atoms. The van der Waals surface area contributed by atoms with Gasteiger partial charge < -0.3 is 10.1 Å². The third-order valence-electron chi connectivity index (χ3n) is 2.63. The number of carbonyl (C=O) groups excluding carboxylic acids is 1. The van der Waals surface area contributed by atoms with Crippen LogP contribution >= 0.6 is 15.9 Å². The first-order chi connectivity index (χ1) is 8.61. The van der Waals surface area contributed by atoms with Gasteiger partial charge in [-0.25, -0.2) is 0 Å². The van der Waals surface area contributed by atoms with Crippen molar-refractivity contribution >= 4 is 21.8 Å². The zero-order valence-corrected chi connectivity index (χ0v) is 12.5. The molecule has 0 aliphatic heterocycles. The molecule has 1 unspecified atom stereocenters. The van der Waals surface area contributed by atoms with E-state index in [1.807, 2.05) is 31.2 Å². The predicted octanol–water partition coefficient (Wildman–Crippen LogP) is 3.52. The predicted molar refractivity (Wildman–Crippen MR) is 76.8 cm³/mol. The molecule has 0 bridgehead atoms. The van der Waals surface area contributed by atoms with E-state index in [0.717, 1.165) is 23.1 Å². The van der Waals surface area contributed by atoms with Gasteiger partial charge in [-0.2, -0.15) is 0 Å². The first-order valence-corrected chi connectivity index (χ1v) is 7.09. The summed E-state index contributed by atoms with van der Waals surface area (Å²) in [6.45, 7) is 4.63. The molecule has 1 rings (SSSR count). The summed E-state index contributed by atoms with van der Waals surface area (Å²) in [5.41, 5.74) is 0.